The first-order valence-corrected chi connectivity index (χ1v) is 14.4. The number of piperidine rings is 1. The van der Waals surface area contributed by atoms with Gasteiger partial charge in [0, 0.05) is 37.3 Å². The maximum Gasteiger partial charge on any atom is 0.283 e. The summed E-state index contributed by atoms with van der Waals surface area (Å²) in [4.78, 5) is 28.8. The SMILES string of the molecule is CC(C)N1CCC(NC(=O)c2cc(C(=O)NCS(=O)(=O)O)n(Cc3cc(-c4ccc(Cl)s4)on3)n2)CC1. The third-order valence-electron chi connectivity index (χ3n) is 5.94. The smallest absolute Gasteiger partial charge is 0.283 e. The normalized spacial score (nSPS) is 15.3. The summed E-state index contributed by atoms with van der Waals surface area (Å²) >= 11 is 7.30. The molecule has 1 aliphatic heterocycles. The molecular formula is C22H27ClN6O6S2. The lowest BCUT2D eigenvalue weighted by molar-refractivity contribution is 0.0893. The lowest BCUT2D eigenvalue weighted by Crippen LogP contribution is -2.46. The summed E-state index contributed by atoms with van der Waals surface area (Å²) in [5.74, 6) is -1.79. The van der Waals surface area contributed by atoms with Crippen LogP contribution >= 0.6 is 22.9 Å². The molecule has 1 saturated heterocycles. The molecule has 1 aliphatic rings. The van der Waals surface area contributed by atoms with Crippen molar-refractivity contribution in [2.24, 2.45) is 0 Å². The molecule has 0 unspecified atom stereocenters. The summed E-state index contributed by atoms with van der Waals surface area (Å²) in [5, 5.41) is 13.4. The van der Waals surface area contributed by atoms with Crippen molar-refractivity contribution in [3.8, 4) is 10.6 Å². The molecule has 0 saturated carbocycles. The molecule has 3 N–H and O–H groups in total. The van der Waals surface area contributed by atoms with Gasteiger partial charge >= 0.3 is 0 Å². The molecule has 4 heterocycles. The van der Waals surface area contributed by atoms with Gasteiger partial charge in [0.2, 0.25) is 0 Å². The number of hydrogen-bond donors (Lipinski definition) is 3. The number of rotatable bonds is 9. The van der Waals surface area contributed by atoms with Gasteiger partial charge in [0.05, 0.1) is 15.8 Å². The lowest BCUT2D eigenvalue weighted by atomic mass is 10.0. The van der Waals surface area contributed by atoms with E-state index >= 15 is 0 Å². The highest BCUT2D eigenvalue weighted by atomic mass is 35.5. The van der Waals surface area contributed by atoms with E-state index in [4.69, 9.17) is 20.7 Å². The number of carbonyl (C=O) groups excluding carboxylic acids is 2. The molecule has 3 aromatic rings. The number of aromatic nitrogens is 3. The Labute approximate surface area is 222 Å². The van der Waals surface area contributed by atoms with Crippen LogP contribution in [-0.2, 0) is 16.7 Å². The zero-order valence-corrected chi connectivity index (χ0v) is 22.6. The largest absolute Gasteiger partial charge is 0.355 e. The summed E-state index contributed by atoms with van der Waals surface area (Å²) in [6.07, 6.45) is 1.58. The second-order valence-electron chi connectivity index (χ2n) is 8.97. The third-order valence-corrected chi connectivity index (χ3v) is 7.70. The van der Waals surface area contributed by atoms with E-state index in [2.05, 4.69) is 39.6 Å². The van der Waals surface area contributed by atoms with E-state index in [1.807, 2.05) is 0 Å². The Morgan fingerprint density at radius 2 is 1.97 bits per heavy atom. The van der Waals surface area contributed by atoms with E-state index in [0.29, 0.717) is 21.8 Å². The molecule has 0 aromatic carbocycles. The van der Waals surface area contributed by atoms with Crippen molar-refractivity contribution in [1.82, 2.24) is 30.5 Å². The standard InChI is InChI=1S/C22H27ClN6O6S2/c1-13(2)28-7-5-14(6-8-28)25-21(30)16-10-17(22(31)24-12-37(32,33)34)29(26-16)11-15-9-18(35-27-15)19-3-4-20(23)36-19/h3-4,9-10,13-14H,5-8,11-12H2,1-2H3,(H,24,31)(H,25,30)(H,32,33,34). The van der Waals surface area contributed by atoms with Crippen LogP contribution in [0.3, 0.4) is 0 Å². The summed E-state index contributed by atoms with van der Waals surface area (Å²) in [6, 6.07) is 6.86. The van der Waals surface area contributed by atoms with Crippen molar-refractivity contribution in [2.45, 2.75) is 45.3 Å². The van der Waals surface area contributed by atoms with Crippen LogP contribution in [0.2, 0.25) is 4.34 Å². The molecule has 0 aliphatic carbocycles. The minimum atomic E-state index is -4.45. The second kappa shape index (κ2) is 11.3. The Morgan fingerprint density at radius 3 is 2.59 bits per heavy atom. The van der Waals surface area contributed by atoms with Gasteiger partial charge in [-0.1, -0.05) is 16.8 Å². The molecule has 12 nitrogen and oxygen atoms in total. The van der Waals surface area contributed by atoms with Crippen LogP contribution in [0, 0.1) is 0 Å². The molecule has 3 aromatic heterocycles. The quantitative estimate of drug-likeness (QED) is 0.328. The van der Waals surface area contributed by atoms with E-state index in [0.717, 1.165) is 30.8 Å². The van der Waals surface area contributed by atoms with Crippen LogP contribution in [0.15, 0.2) is 28.8 Å². The van der Waals surface area contributed by atoms with Crippen molar-refractivity contribution in [3.63, 3.8) is 0 Å². The van der Waals surface area contributed by atoms with Gasteiger partial charge in [0.15, 0.2) is 11.5 Å². The van der Waals surface area contributed by atoms with Gasteiger partial charge in [0.1, 0.15) is 17.3 Å². The Balaban J connectivity index is 1.52. The Morgan fingerprint density at radius 1 is 1.24 bits per heavy atom. The number of likely N-dealkylation sites (tertiary alicyclic amines) is 1. The molecule has 1 fully saturated rings. The lowest BCUT2D eigenvalue weighted by Gasteiger charge is -2.34. The average molecular weight is 571 g/mol. The minimum Gasteiger partial charge on any atom is -0.355 e. The van der Waals surface area contributed by atoms with Gasteiger partial charge in [0.25, 0.3) is 21.9 Å². The molecule has 0 bridgehead atoms. The molecule has 2 amide bonds. The van der Waals surface area contributed by atoms with E-state index < -0.39 is 27.8 Å². The van der Waals surface area contributed by atoms with Crippen molar-refractivity contribution < 1.29 is 27.1 Å². The summed E-state index contributed by atoms with van der Waals surface area (Å²) in [7, 11) is -4.45. The van der Waals surface area contributed by atoms with E-state index in [1.54, 1.807) is 18.2 Å². The highest BCUT2D eigenvalue weighted by molar-refractivity contribution is 7.85. The number of halogens is 1. The summed E-state index contributed by atoms with van der Waals surface area (Å²) in [6.45, 7) is 5.97. The van der Waals surface area contributed by atoms with Gasteiger partial charge < -0.3 is 20.1 Å². The number of thiophene rings is 1. The molecular weight excluding hydrogens is 544 g/mol. The maximum atomic E-state index is 13.0. The first-order chi connectivity index (χ1) is 17.5. The number of carbonyl (C=O) groups is 2. The van der Waals surface area contributed by atoms with E-state index in [-0.39, 0.29) is 24.0 Å². The van der Waals surface area contributed by atoms with Crippen LogP contribution in [0.1, 0.15) is 53.4 Å². The predicted octanol–water partition coefficient (Wildman–Crippen LogP) is 2.48. The number of nitrogens with zero attached hydrogens (tertiary/aromatic N) is 4. The van der Waals surface area contributed by atoms with Gasteiger partial charge in [-0.3, -0.25) is 18.8 Å². The van der Waals surface area contributed by atoms with Crippen molar-refractivity contribution in [1.29, 1.82) is 0 Å². The number of amides is 2. The fraction of sp³-hybridized carbons (Fsp3) is 0.455. The fourth-order valence-corrected chi connectivity index (χ4v) is 5.31. The van der Waals surface area contributed by atoms with E-state index in [1.165, 1.54) is 22.1 Å². The molecule has 0 atom stereocenters. The molecule has 200 valence electrons. The third kappa shape index (κ3) is 7.17. The zero-order chi connectivity index (χ0) is 26.7. The van der Waals surface area contributed by atoms with Crippen LogP contribution in [0.4, 0.5) is 0 Å². The first-order valence-electron chi connectivity index (χ1n) is 11.6. The van der Waals surface area contributed by atoms with Crippen LogP contribution in [0.5, 0.6) is 0 Å². The highest BCUT2D eigenvalue weighted by Crippen LogP contribution is 2.31. The second-order valence-corrected chi connectivity index (χ2v) is 12.1. The number of hydrogen-bond acceptors (Lipinski definition) is 9. The van der Waals surface area contributed by atoms with Crippen LogP contribution in [0.25, 0.3) is 10.6 Å². The number of nitrogens with one attached hydrogen (secondary N) is 2. The predicted molar refractivity (Wildman–Crippen MR) is 137 cm³/mol. The zero-order valence-electron chi connectivity index (χ0n) is 20.2. The van der Waals surface area contributed by atoms with Crippen molar-refractivity contribution in [3.05, 3.63) is 45.7 Å². The molecule has 0 spiro atoms. The Hall–Kier alpha value is -2.78. The molecule has 0 radical (unpaired) electrons. The average Bonchev–Trinajstić information content (AvgIpc) is 3.57. The summed E-state index contributed by atoms with van der Waals surface area (Å²) in [5.41, 5.74) is 0.337. The maximum absolute atomic E-state index is 13.0. The van der Waals surface area contributed by atoms with Crippen molar-refractivity contribution >= 4 is 44.9 Å². The van der Waals surface area contributed by atoms with Gasteiger partial charge in [-0.2, -0.15) is 13.5 Å². The fourth-order valence-electron chi connectivity index (χ4n) is 4.00. The van der Waals surface area contributed by atoms with Gasteiger partial charge in [-0.25, -0.2) is 0 Å². The molecule has 37 heavy (non-hydrogen) atoms. The van der Waals surface area contributed by atoms with Gasteiger partial charge in [-0.15, -0.1) is 11.3 Å². The summed E-state index contributed by atoms with van der Waals surface area (Å²) < 4.78 is 38.4. The minimum absolute atomic E-state index is 0.00273. The van der Waals surface area contributed by atoms with Crippen molar-refractivity contribution in [2.75, 3.05) is 19.0 Å². The monoisotopic (exact) mass is 570 g/mol. The Kier molecular flexibility index (Phi) is 8.33. The topological polar surface area (TPSA) is 160 Å². The Bertz CT molecular complexity index is 1370. The molecule has 4 rings (SSSR count). The van der Waals surface area contributed by atoms with Gasteiger partial charge in [-0.05, 0) is 38.8 Å². The highest BCUT2D eigenvalue weighted by Gasteiger charge is 2.26. The van der Waals surface area contributed by atoms with Crippen LogP contribution in [-0.4, -0.2) is 75.7 Å². The van der Waals surface area contributed by atoms with E-state index in [9.17, 15) is 18.0 Å². The first kappa shape index (κ1) is 27.3. The van der Waals surface area contributed by atoms with Crippen LogP contribution < -0.4 is 10.6 Å². The molecule has 15 heteroatoms.